The van der Waals surface area contributed by atoms with Gasteiger partial charge in [0.25, 0.3) is 0 Å². The SMILES string of the molecule is [CH]1C=CC=CC=CCC=CC=CC1. The second-order valence-electron chi connectivity index (χ2n) is 2.76. The molecule has 0 fully saturated rings. The number of rotatable bonds is 0. The predicted molar refractivity (Wildman–Crippen MR) is 59.2 cm³/mol. The van der Waals surface area contributed by atoms with Gasteiger partial charge in [-0.05, 0) is 19.3 Å². The molecule has 1 rings (SSSR count). The highest BCUT2D eigenvalue weighted by Gasteiger charge is 1.75. The summed E-state index contributed by atoms with van der Waals surface area (Å²) in [6, 6.07) is 0. The number of hydrogen-bond donors (Lipinski definition) is 0. The molecule has 0 aromatic carbocycles. The fraction of sp³-hybridized carbons (Fsp3) is 0.154. The Bertz CT molecular complexity index is 249. The van der Waals surface area contributed by atoms with Crippen LogP contribution in [0.3, 0.4) is 0 Å². The largest absolute Gasteiger partial charge is 0.0839 e. The van der Waals surface area contributed by atoms with E-state index in [1.165, 1.54) is 0 Å². The van der Waals surface area contributed by atoms with Gasteiger partial charge in [0.05, 0.1) is 0 Å². The molecule has 0 unspecified atom stereocenters. The monoisotopic (exact) mass is 171 g/mol. The topological polar surface area (TPSA) is 0 Å². The van der Waals surface area contributed by atoms with Gasteiger partial charge >= 0.3 is 0 Å². The Morgan fingerprint density at radius 1 is 0.462 bits per heavy atom. The van der Waals surface area contributed by atoms with Crippen molar-refractivity contribution in [1.29, 1.82) is 0 Å². The lowest BCUT2D eigenvalue weighted by Gasteiger charge is -1.82. The Morgan fingerprint density at radius 3 is 1.85 bits per heavy atom. The van der Waals surface area contributed by atoms with Crippen molar-refractivity contribution in [3.8, 4) is 0 Å². The van der Waals surface area contributed by atoms with Crippen LogP contribution in [0, 0.1) is 6.42 Å². The molecule has 0 heteroatoms. The molecule has 0 aromatic heterocycles. The van der Waals surface area contributed by atoms with Crippen LogP contribution in [-0.4, -0.2) is 0 Å². The molecule has 1 radical (unpaired) electrons. The Kier molecular flexibility index (Phi) is 5.54. The van der Waals surface area contributed by atoms with Gasteiger partial charge in [-0.2, -0.15) is 0 Å². The van der Waals surface area contributed by atoms with E-state index >= 15 is 0 Å². The fourth-order valence-electron chi connectivity index (χ4n) is 0.978. The molecule has 0 saturated heterocycles. The molecule has 1 aliphatic carbocycles. The van der Waals surface area contributed by atoms with E-state index in [2.05, 4.69) is 49.0 Å². The van der Waals surface area contributed by atoms with Gasteiger partial charge in [-0.1, -0.05) is 60.8 Å². The lowest BCUT2D eigenvalue weighted by atomic mass is 10.2. The van der Waals surface area contributed by atoms with E-state index in [0.717, 1.165) is 12.8 Å². The van der Waals surface area contributed by atoms with Crippen molar-refractivity contribution in [2.75, 3.05) is 0 Å². The van der Waals surface area contributed by atoms with Crippen LogP contribution in [-0.2, 0) is 0 Å². The molecular weight excluding hydrogens is 156 g/mol. The van der Waals surface area contributed by atoms with Gasteiger partial charge in [-0.15, -0.1) is 0 Å². The van der Waals surface area contributed by atoms with E-state index < -0.39 is 0 Å². The third-order valence-corrected chi connectivity index (χ3v) is 1.64. The number of hydrogen-bond acceptors (Lipinski definition) is 0. The van der Waals surface area contributed by atoms with Gasteiger partial charge in [0.2, 0.25) is 0 Å². The van der Waals surface area contributed by atoms with Crippen molar-refractivity contribution >= 4 is 0 Å². The molecule has 13 heavy (non-hydrogen) atoms. The average Bonchev–Trinajstić information content (AvgIpc) is 2.18. The van der Waals surface area contributed by atoms with Gasteiger partial charge in [0.15, 0.2) is 0 Å². The smallest absolute Gasteiger partial charge is 0.0130 e. The van der Waals surface area contributed by atoms with Crippen LogP contribution in [0.5, 0.6) is 0 Å². The standard InChI is InChI=1S/C13H15/c1-2-4-6-8-10-12-13-11-9-7-5-3-1/h1-7,10-13H,8-9H2. The maximum absolute atomic E-state index is 2.14. The molecule has 0 N–H and O–H groups in total. The van der Waals surface area contributed by atoms with E-state index in [1.807, 2.05) is 18.2 Å². The minimum absolute atomic E-state index is 1.00. The van der Waals surface area contributed by atoms with Gasteiger partial charge in [0, 0.05) is 0 Å². The van der Waals surface area contributed by atoms with Crippen molar-refractivity contribution in [2.45, 2.75) is 12.8 Å². The van der Waals surface area contributed by atoms with Crippen LogP contribution in [0.1, 0.15) is 12.8 Å². The van der Waals surface area contributed by atoms with Gasteiger partial charge in [-0.25, -0.2) is 0 Å². The molecule has 0 heterocycles. The third kappa shape index (κ3) is 5.92. The molecule has 0 nitrogen and oxygen atoms in total. The van der Waals surface area contributed by atoms with E-state index in [9.17, 15) is 0 Å². The van der Waals surface area contributed by atoms with E-state index in [4.69, 9.17) is 0 Å². The van der Waals surface area contributed by atoms with Crippen LogP contribution in [0.15, 0.2) is 60.8 Å². The molecule has 0 spiro atoms. The summed E-state index contributed by atoms with van der Waals surface area (Å²) in [7, 11) is 0. The zero-order chi connectivity index (χ0) is 9.19. The molecular formula is C13H15. The zero-order valence-electron chi connectivity index (χ0n) is 7.77. The Hall–Kier alpha value is -1.30. The first-order valence-corrected chi connectivity index (χ1v) is 4.63. The maximum Gasteiger partial charge on any atom is -0.0130 e. The van der Waals surface area contributed by atoms with Gasteiger partial charge < -0.3 is 0 Å². The van der Waals surface area contributed by atoms with Crippen molar-refractivity contribution in [1.82, 2.24) is 0 Å². The summed E-state index contributed by atoms with van der Waals surface area (Å²) in [5.41, 5.74) is 0. The average molecular weight is 171 g/mol. The number of allylic oxidation sites excluding steroid dienone is 10. The quantitative estimate of drug-likeness (QED) is 0.520. The first kappa shape index (κ1) is 9.79. The van der Waals surface area contributed by atoms with Crippen molar-refractivity contribution < 1.29 is 0 Å². The van der Waals surface area contributed by atoms with E-state index in [0.29, 0.717) is 0 Å². The third-order valence-electron chi connectivity index (χ3n) is 1.64. The van der Waals surface area contributed by atoms with Crippen molar-refractivity contribution in [3.63, 3.8) is 0 Å². The molecule has 0 saturated carbocycles. The first-order chi connectivity index (χ1) is 6.50. The normalized spacial score (nSPS) is 17.8. The summed E-state index contributed by atoms with van der Waals surface area (Å²) >= 11 is 0. The molecule has 0 aromatic rings. The van der Waals surface area contributed by atoms with Crippen LogP contribution in [0.25, 0.3) is 0 Å². The highest BCUT2D eigenvalue weighted by molar-refractivity contribution is 5.16. The highest BCUT2D eigenvalue weighted by Crippen LogP contribution is 1.95. The molecule has 0 atom stereocenters. The lowest BCUT2D eigenvalue weighted by Crippen LogP contribution is -1.64. The van der Waals surface area contributed by atoms with Crippen molar-refractivity contribution in [2.24, 2.45) is 0 Å². The van der Waals surface area contributed by atoms with E-state index in [1.54, 1.807) is 0 Å². The molecule has 67 valence electrons. The second kappa shape index (κ2) is 7.35. The summed E-state index contributed by atoms with van der Waals surface area (Å²) in [5.74, 6) is 0. The van der Waals surface area contributed by atoms with Crippen LogP contribution >= 0.6 is 0 Å². The summed E-state index contributed by atoms with van der Waals surface area (Å²) in [6.45, 7) is 0. The Morgan fingerprint density at radius 2 is 1.00 bits per heavy atom. The zero-order valence-corrected chi connectivity index (χ0v) is 7.77. The summed E-state index contributed by atoms with van der Waals surface area (Å²) in [4.78, 5) is 0. The fourth-order valence-corrected chi connectivity index (χ4v) is 0.978. The molecule has 1 aliphatic rings. The summed E-state index contributed by atoms with van der Waals surface area (Å²) in [6.07, 6.45) is 25.0. The second-order valence-corrected chi connectivity index (χ2v) is 2.76. The first-order valence-electron chi connectivity index (χ1n) is 4.63. The van der Waals surface area contributed by atoms with E-state index in [-0.39, 0.29) is 0 Å². The maximum atomic E-state index is 2.14. The predicted octanol–water partition coefficient (Wildman–Crippen LogP) is 3.77. The minimum Gasteiger partial charge on any atom is -0.0839 e. The molecule has 0 bridgehead atoms. The van der Waals surface area contributed by atoms with Crippen molar-refractivity contribution in [3.05, 3.63) is 67.2 Å². The van der Waals surface area contributed by atoms with Crippen LogP contribution in [0.2, 0.25) is 0 Å². The molecule has 0 amide bonds. The Labute approximate surface area is 80.7 Å². The van der Waals surface area contributed by atoms with Gasteiger partial charge in [0.1, 0.15) is 0 Å². The van der Waals surface area contributed by atoms with Crippen LogP contribution in [0.4, 0.5) is 0 Å². The molecule has 0 aliphatic heterocycles. The minimum atomic E-state index is 1.00. The Balaban J connectivity index is 2.49. The lowest BCUT2D eigenvalue weighted by molar-refractivity contribution is 1.29. The highest BCUT2D eigenvalue weighted by atomic mass is 13.8. The summed E-state index contributed by atoms with van der Waals surface area (Å²) < 4.78 is 0. The van der Waals surface area contributed by atoms with Crippen LogP contribution < -0.4 is 0 Å². The summed E-state index contributed by atoms with van der Waals surface area (Å²) in [5, 5.41) is 0. The van der Waals surface area contributed by atoms with Gasteiger partial charge in [-0.3, -0.25) is 0 Å².